The van der Waals surface area contributed by atoms with Gasteiger partial charge >= 0.3 is 0 Å². The maximum Gasteiger partial charge on any atom is 0.126 e. The van der Waals surface area contributed by atoms with E-state index in [0.29, 0.717) is 6.04 Å². The smallest absolute Gasteiger partial charge is 0.126 e. The van der Waals surface area contributed by atoms with Crippen molar-refractivity contribution in [2.75, 3.05) is 11.9 Å². The first-order valence-corrected chi connectivity index (χ1v) is 5.40. The van der Waals surface area contributed by atoms with Gasteiger partial charge in [-0.05, 0) is 33.8 Å². The summed E-state index contributed by atoms with van der Waals surface area (Å²) < 4.78 is 0. The van der Waals surface area contributed by atoms with Gasteiger partial charge in [-0.25, -0.2) is 0 Å². The fourth-order valence-corrected chi connectivity index (χ4v) is 1.70. The minimum atomic E-state index is 0.0764. The fourth-order valence-electron chi connectivity index (χ4n) is 1.70. The molecule has 0 amide bonds. The van der Waals surface area contributed by atoms with Crippen molar-refractivity contribution in [3.05, 3.63) is 23.0 Å². The van der Waals surface area contributed by atoms with E-state index in [2.05, 4.69) is 23.7 Å². The first kappa shape index (κ1) is 12.5. The largest absolute Gasteiger partial charge is 0.384 e. The van der Waals surface area contributed by atoms with Crippen molar-refractivity contribution in [2.24, 2.45) is 5.73 Å². The van der Waals surface area contributed by atoms with Crippen molar-refractivity contribution in [2.45, 2.75) is 33.7 Å². The van der Waals surface area contributed by atoms with Crippen LogP contribution in [-0.4, -0.2) is 23.9 Å². The van der Waals surface area contributed by atoms with Crippen LogP contribution in [0.4, 0.5) is 5.69 Å². The summed E-state index contributed by atoms with van der Waals surface area (Å²) >= 11 is 0. The van der Waals surface area contributed by atoms with E-state index in [1.807, 2.05) is 27.0 Å². The molecule has 1 rings (SSSR count). The van der Waals surface area contributed by atoms with Gasteiger partial charge in [-0.2, -0.15) is 0 Å². The molecule has 0 unspecified atom stereocenters. The Bertz CT molecular complexity index is 410. The van der Waals surface area contributed by atoms with Crippen molar-refractivity contribution in [1.29, 1.82) is 5.41 Å². The van der Waals surface area contributed by atoms with Crippen LogP contribution in [0.2, 0.25) is 0 Å². The number of nitrogens with zero attached hydrogens (tertiary/aromatic N) is 2. The van der Waals surface area contributed by atoms with Gasteiger partial charge in [0.2, 0.25) is 0 Å². The SMILES string of the molecule is Cc1cc(N(C)C(C)C)c(C(=N)N)c(C)n1. The van der Waals surface area contributed by atoms with Gasteiger partial charge in [-0.3, -0.25) is 10.4 Å². The number of rotatable bonds is 3. The van der Waals surface area contributed by atoms with Crippen molar-refractivity contribution < 1.29 is 0 Å². The number of nitrogens with two attached hydrogens (primary N) is 1. The number of amidine groups is 1. The lowest BCUT2D eigenvalue weighted by molar-refractivity contribution is 0.751. The Kier molecular flexibility index (Phi) is 3.52. The second-order valence-electron chi connectivity index (χ2n) is 4.36. The third-order valence-corrected chi connectivity index (χ3v) is 2.73. The minimum Gasteiger partial charge on any atom is -0.384 e. The Morgan fingerprint density at radius 2 is 2.00 bits per heavy atom. The summed E-state index contributed by atoms with van der Waals surface area (Å²) in [7, 11) is 2.01. The average Bonchev–Trinajstić information content (AvgIpc) is 2.14. The molecule has 1 aromatic rings. The molecule has 0 fully saturated rings. The summed E-state index contributed by atoms with van der Waals surface area (Å²) in [6, 6.07) is 2.34. The minimum absolute atomic E-state index is 0.0764. The summed E-state index contributed by atoms with van der Waals surface area (Å²) in [5, 5.41) is 7.63. The van der Waals surface area contributed by atoms with Crippen LogP contribution in [0.5, 0.6) is 0 Å². The van der Waals surface area contributed by atoms with Crippen molar-refractivity contribution in [1.82, 2.24) is 4.98 Å². The normalized spacial score (nSPS) is 10.6. The van der Waals surface area contributed by atoms with Gasteiger partial charge in [-0.15, -0.1) is 0 Å². The summed E-state index contributed by atoms with van der Waals surface area (Å²) in [4.78, 5) is 6.46. The molecule has 0 atom stereocenters. The third kappa shape index (κ3) is 2.32. The van der Waals surface area contributed by atoms with Crippen LogP contribution in [0.1, 0.15) is 30.8 Å². The molecule has 0 saturated carbocycles. The van der Waals surface area contributed by atoms with Gasteiger partial charge in [0.15, 0.2) is 0 Å². The monoisotopic (exact) mass is 220 g/mol. The van der Waals surface area contributed by atoms with E-state index in [9.17, 15) is 0 Å². The highest BCUT2D eigenvalue weighted by Gasteiger charge is 2.16. The topological polar surface area (TPSA) is 66.0 Å². The molecule has 88 valence electrons. The number of aryl methyl sites for hydroxylation is 2. The number of anilines is 1. The van der Waals surface area contributed by atoms with Gasteiger partial charge in [0.05, 0.1) is 16.9 Å². The predicted molar refractivity (Wildman–Crippen MR) is 68.3 cm³/mol. The average molecular weight is 220 g/mol. The van der Waals surface area contributed by atoms with E-state index in [0.717, 1.165) is 22.6 Å². The molecule has 1 heterocycles. The van der Waals surface area contributed by atoms with Gasteiger partial charge < -0.3 is 10.6 Å². The maximum atomic E-state index is 7.63. The molecule has 16 heavy (non-hydrogen) atoms. The fraction of sp³-hybridized carbons (Fsp3) is 0.500. The lowest BCUT2D eigenvalue weighted by atomic mass is 10.1. The van der Waals surface area contributed by atoms with Crippen LogP contribution in [0.3, 0.4) is 0 Å². The maximum absolute atomic E-state index is 7.63. The highest BCUT2D eigenvalue weighted by molar-refractivity contribution is 6.01. The number of nitrogen functional groups attached to an aromatic ring is 1. The van der Waals surface area contributed by atoms with E-state index in [1.165, 1.54) is 0 Å². The van der Waals surface area contributed by atoms with Crippen LogP contribution >= 0.6 is 0 Å². The van der Waals surface area contributed by atoms with E-state index >= 15 is 0 Å². The quantitative estimate of drug-likeness (QED) is 0.603. The molecule has 1 aromatic heterocycles. The molecule has 0 radical (unpaired) electrons. The van der Waals surface area contributed by atoms with Crippen molar-refractivity contribution >= 4 is 11.5 Å². The molecule has 3 N–H and O–H groups in total. The molecule has 4 nitrogen and oxygen atoms in total. The van der Waals surface area contributed by atoms with E-state index < -0.39 is 0 Å². The molecule has 0 aliphatic carbocycles. The van der Waals surface area contributed by atoms with Gasteiger partial charge in [0, 0.05) is 18.8 Å². The Morgan fingerprint density at radius 1 is 1.44 bits per heavy atom. The van der Waals surface area contributed by atoms with Crippen LogP contribution in [-0.2, 0) is 0 Å². The van der Waals surface area contributed by atoms with Crippen molar-refractivity contribution in [3.63, 3.8) is 0 Å². The van der Waals surface area contributed by atoms with Crippen LogP contribution in [0.25, 0.3) is 0 Å². The number of hydrogen-bond acceptors (Lipinski definition) is 3. The number of aromatic nitrogens is 1. The third-order valence-electron chi connectivity index (χ3n) is 2.73. The zero-order valence-electron chi connectivity index (χ0n) is 10.6. The molecule has 0 bridgehead atoms. The summed E-state index contributed by atoms with van der Waals surface area (Å²) in [5.74, 6) is 0.0764. The van der Waals surface area contributed by atoms with Crippen LogP contribution in [0, 0.1) is 19.3 Å². The second kappa shape index (κ2) is 4.51. The highest BCUT2D eigenvalue weighted by Crippen LogP contribution is 2.24. The molecule has 0 saturated heterocycles. The first-order valence-electron chi connectivity index (χ1n) is 5.40. The lowest BCUT2D eigenvalue weighted by Crippen LogP contribution is -2.29. The highest BCUT2D eigenvalue weighted by atomic mass is 15.1. The zero-order valence-corrected chi connectivity index (χ0v) is 10.6. The van der Waals surface area contributed by atoms with Gasteiger partial charge in [0.1, 0.15) is 5.84 Å². The number of nitrogens with one attached hydrogen (secondary N) is 1. The summed E-state index contributed by atoms with van der Waals surface area (Å²) in [5.41, 5.74) is 9.10. The first-order chi connectivity index (χ1) is 7.34. The van der Waals surface area contributed by atoms with Crippen LogP contribution < -0.4 is 10.6 Å². The Morgan fingerprint density at radius 3 is 2.44 bits per heavy atom. The van der Waals surface area contributed by atoms with E-state index in [-0.39, 0.29) is 5.84 Å². The Balaban J connectivity index is 3.40. The molecular formula is C12H20N4. The molecule has 0 aliphatic rings. The van der Waals surface area contributed by atoms with E-state index in [4.69, 9.17) is 11.1 Å². The van der Waals surface area contributed by atoms with E-state index in [1.54, 1.807) is 0 Å². The van der Waals surface area contributed by atoms with Crippen LogP contribution in [0.15, 0.2) is 6.07 Å². The molecule has 0 aliphatic heterocycles. The zero-order chi connectivity index (χ0) is 12.5. The summed E-state index contributed by atoms with van der Waals surface area (Å²) in [6.07, 6.45) is 0. The molecule has 0 spiro atoms. The molecular weight excluding hydrogens is 200 g/mol. The summed E-state index contributed by atoms with van der Waals surface area (Å²) in [6.45, 7) is 8.06. The predicted octanol–water partition coefficient (Wildman–Crippen LogP) is 1.83. The Hall–Kier alpha value is -1.58. The molecule has 4 heteroatoms. The molecule has 0 aromatic carbocycles. The lowest BCUT2D eigenvalue weighted by Gasteiger charge is -2.27. The Labute approximate surface area is 97.0 Å². The number of hydrogen-bond donors (Lipinski definition) is 2. The number of pyridine rings is 1. The van der Waals surface area contributed by atoms with Crippen molar-refractivity contribution in [3.8, 4) is 0 Å². The van der Waals surface area contributed by atoms with Gasteiger partial charge in [-0.1, -0.05) is 0 Å². The van der Waals surface area contributed by atoms with Gasteiger partial charge in [0.25, 0.3) is 0 Å². The second-order valence-corrected chi connectivity index (χ2v) is 4.36. The standard InChI is InChI=1S/C12H20N4/c1-7(2)16(5)10-6-8(3)15-9(4)11(10)12(13)14/h6-7H,1-5H3,(H3,13,14).